The molecule has 1 aromatic heterocycles. The van der Waals surface area contributed by atoms with Crippen LogP contribution in [0.3, 0.4) is 0 Å². The number of methoxy groups -OCH3 is 1. The number of rotatable bonds is 9. The van der Waals surface area contributed by atoms with Gasteiger partial charge in [0.1, 0.15) is 5.75 Å². The van der Waals surface area contributed by atoms with E-state index in [4.69, 9.17) is 25.5 Å². The summed E-state index contributed by atoms with van der Waals surface area (Å²) in [5, 5.41) is 2.29. The van der Waals surface area contributed by atoms with Crippen molar-refractivity contribution >= 4 is 43.3 Å². The van der Waals surface area contributed by atoms with Crippen molar-refractivity contribution < 1.29 is 18.7 Å². The highest BCUT2D eigenvalue weighted by atomic mass is 35.5. The van der Waals surface area contributed by atoms with Crippen molar-refractivity contribution in [3.8, 4) is 5.75 Å². The number of halogens is 1. The second kappa shape index (κ2) is 15.3. The van der Waals surface area contributed by atoms with E-state index >= 15 is 0 Å². The number of hydrogen-bond donors (Lipinski definition) is 0. The van der Waals surface area contributed by atoms with E-state index in [1.807, 2.05) is 54.5 Å². The predicted molar refractivity (Wildman–Crippen MR) is 213 cm³/mol. The molecule has 10 heteroatoms. The van der Waals surface area contributed by atoms with Gasteiger partial charge in [-0.05, 0) is 135 Å². The third-order valence-corrected chi connectivity index (χ3v) is 18.9. The van der Waals surface area contributed by atoms with Crippen molar-refractivity contribution in [3.05, 3.63) is 76.6 Å². The number of aromatic nitrogens is 2. The summed E-state index contributed by atoms with van der Waals surface area (Å²) in [6.45, 7) is 14.3. The summed E-state index contributed by atoms with van der Waals surface area (Å²) in [5.41, 5.74) is 4.06. The number of nitrogens with zero attached hydrogens (tertiary/aromatic N) is 3. The van der Waals surface area contributed by atoms with Gasteiger partial charge in [0.25, 0.3) is 0 Å². The van der Waals surface area contributed by atoms with Crippen LogP contribution >= 0.6 is 23.4 Å². The van der Waals surface area contributed by atoms with E-state index in [2.05, 4.69) is 60.9 Å². The van der Waals surface area contributed by atoms with Crippen LogP contribution in [0, 0.1) is 17.8 Å². The number of aryl methyl sites for hydroxylation is 1. The molecule has 1 aliphatic heterocycles. The van der Waals surface area contributed by atoms with Crippen LogP contribution in [0.2, 0.25) is 23.2 Å². The number of fused-ring (bicyclic) bond motifs is 3. The Bertz CT molecular complexity index is 1740. The molecule has 0 N–H and O–H groups in total. The molecule has 52 heavy (non-hydrogen) atoms. The maximum Gasteiger partial charge on any atom is 0.337 e. The molecule has 3 aliphatic carbocycles. The largest absolute Gasteiger partial charge is 0.490 e. The van der Waals surface area contributed by atoms with Gasteiger partial charge in [0.15, 0.2) is 13.5 Å². The molecule has 1 unspecified atom stereocenters. The van der Waals surface area contributed by atoms with Crippen molar-refractivity contribution in [3.63, 3.8) is 0 Å². The standard InChI is InChI=1S/C42H56ClN3O4SSi/c1-41(2,3)52(5,6)50-38(29-10-7-12-33(23-29)51-40-44-20-9-21-45-40)34-16-13-31(34)25-46-26-42(19-8-11-28-22-32(43)15-17-35(28)42)27-49-37-18-14-30(24-36(37)46)39(47)48-4/h9,14-15,17-18,20-22,24,29,31,33-34,38H,7-8,10-13,16,19,23,25-27H2,1-6H3/t29-,31+,33-,34-,38?,42+/m1/s1. The molecule has 2 saturated carbocycles. The van der Waals surface area contributed by atoms with Gasteiger partial charge in [-0.3, -0.25) is 0 Å². The molecule has 6 atom stereocenters. The maximum absolute atomic E-state index is 12.8. The molecular formula is C42H56ClN3O4SSi. The smallest absolute Gasteiger partial charge is 0.337 e. The molecule has 0 radical (unpaired) electrons. The summed E-state index contributed by atoms with van der Waals surface area (Å²) in [6.07, 6.45) is 14.2. The van der Waals surface area contributed by atoms with E-state index in [1.165, 1.54) is 50.3 Å². The Balaban J connectivity index is 1.20. The van der Waals surface area contributed by atoms with E-state index in [-0.39, 0.29) is 22.5 Å². The first-order valence-electron chi connectivity index (χ1n) is 19.4. The van der Waals surface area contributed by atoms with Crippen molar-refractivity contribution in [2.75, 3.05) is 31.7 Å². The fourth-order valence-electron chi connectivity index (χ4n) is 9.03. The van der Waals surface area contributed by atoms with Crippen LogP contribution in [0.15, 0.2) is 60.0 Å². The quantitative estimate of drug-likeness (QED) is 0.121. The fourth-order valence-corrected chi connectivity index (χ4v) is 11.8. The molecule has 7 rings (SSSR count). The molecule has 7 nitrogen and oxygen atoms in total. The highest BCUT2D eigenvalue weighted by Gasteiger charge is 2.49. The Labute approximate surface area is 321 Å². The number of carbonyl (C=O) groups is 1. The van der Waals surface area contributed by atoms with Crippen LogP contribution in [0.1, 0.15) is 93.6 Å². The van der Waals surface area contributed by atoms with Gasteiger partial charge in [0.05, 0.1) is 31.1 Å². The van der Waals surface area contributed by atoms with Crippen LogP contribution in [-0.4, -0.2) is 62.4 Å². The van der Waals surface area contributed by atoms with Crippen LogP contribution in [-0.2, 0) is 21.0 Å². The van der Waals surface area contributed by atoms with E-state index < -0.39 is 8.32 Å². The molecule has 1 spiro atoms. The second-order valence-corrected chi connectivity index (χ2v) is 23.8. The van der Waals surface area contributed by atoms with Crippen molar-refractivity contribution in [2.24, 2.45) is 17.8 Å². The molecule has 280 valence electrons. The molecule has 0 amide bonds. The highest BCUT2D eigenvalue weighted by Crippen LogP contribution is 2.51. The normalized spacial score (nSPS) is 26.7. The summed E-state index contributed by atoms with van der Waals surface area (Å²) in [5.74, 6) is 1.96. The Morgan fingerprint density at radius 1 is 1.10 bits per heavy atom. The van der Waals surface area contributed by atoms with Crippen LogP contribution in [0.4, 0.5) is 5.69 Å². The van der Waals surface area contributed by atoms with E-state index in [0.717, 1.165) is 60.4 Å². The molecule has 4 aliphatic rings. The number of ether oxygens (including phenoxy) is 2. The number of thioether (sulfide) groups is 1. The molecular weight excluding hydrogens is 706 g/mol. The Morgan fingerprint density at radius 3 is 2.63 bits per heavy atom. The summed E-state index contributed by atoms with van der Waals surface area (Å²) in [4.78, 5) is 24.5. The molecule has 3 aromatic rings. The number of esters is 1. The van der Waals surface area contributed by atoms with Crippen LogP contribution in [0.25, 0.3) is 0 Å². The van der Waals surface area contributed by atoms with Gasteiger partial charge in [-0.15, -0.1) is 0 Å². The average Bonchev–Trinajstić information content (AvgIpc) is 3.26. The first-order valence-corrected chi connectivity index (χ1v) is 23.5. The fraction of sp³-hybridized carbons (Fsp3) is 0.595. The Hall–Kier alpha value is -2.59. The van der Waals surface area contributed by atoms with E-state index in [0.29, 0.717) is 35.2 Å². The van der Waals surface area contributed by atoms with E-state index in [9.17, 15) is 4.79 Å². The lowest BCUT2D eigenvalue weighted by molar-refractivity contribution is -0.0225. The van der Waals surface area contributed by atoms with Crippen molar-refractivity contribution in [1.82, 2.24) is 9.97 Å². The Kier molecular flexibility index (Phi) is 11.1. The lowest BCUT2D eigenvalue weighted by atomic mass is 9.65. The van der Waals surface area contributed by atoms with Gasteiger partial charge < -0.3 is 18.8 Å². The molecule has 2 aromatic carbocycles. The first-order chi connectivity index (χ1) is 24.9. The van der Waals surface area contributed by atoms with Crippen LogP contribution < -0.4 is 9.64 Å². The van der Waals surface area contributed by atoms with Crippen LogP contribution in [0.5, 0.6) is 5.75 Å². The van der Waals surface area contributed by atoms with Gasteiger partial charge in [0.2, 0.25) is 0 Å². The van der Waals surface area contributed by atoms with Crippen molar-refractivity contribution in [1.29, 1.82) is 0 Å². The number of hydrogen-bond acceptors (Lipinski definition) is 8. The summed E-state index contributed by atoms with van der Waals surface area (Å²) < 4.78 is 19.5. The van der Waals surface area contributed by atoms with E-state index in [1.54, 1.807) is 0 Å². The minimum Gasteiger partial charge on any atom is -0.490 e. The van der Waals surface area contributed by atoms with Gasteiger partial charge >= 0.3 is 5.97 Å². The average molecular weight is 763 g/mol. The minimum atomic E-state index is -2.07. The Morgan fingerprint density at radius 2 is 1.90 bits per heavy atom. The minimum absolute atomic E-state index is 0.125. The zero-order chi connectivity index (χ0) is 36.7. The predicted octanol–water partition coefficient (Wildman–Crippen LogP) is 10.2. The van der Waals surface area contributed by atoms with Gasteiger partial charge in [-0.1, -0.05) is 56.6 Å². The number of carbonyl (C=O) groups excluding carboxylic acids is 1. The van der Waals surface area contributed by atoms with Gasteiger partial charge in [-0.2, -0.15) is 0 Å². The zero-order valence-corrected chi connectivity index (χ0v) is 34.4. The third-order valence-electron chi connectivity index (χ3n) is 13.0. The topological polar surface area (TPSA) is 73.8 Å². The first kappa shape index (κ1) is 37.7. The summed E-state index contributed by atoms with van der Waals surface area (Å²) in [6, 6.07) is 14.1. The van der Waals surface area contributed by atoms with Gasteiger partial charge in [-0.25, -0.2) is 14.8 Å². The highest BCUT2D eigenvalue weighted by molar-refractivity contribution is 7.99. The lowest BCUT2D eigenvalue weighted by Gasteiger charge is -2.52. The van der Waals surface area contributed by atoms with Gasteiger partial charge in [0, 0.05) is 41.2 Å². The third kappa shape index (κ3) is 7.80. The molecule has 2 heterocycles. The second-order valence-electron chi connectivity index (χ2n) is 17.3. The molecule has 0 saturated heterocycles. The molecule has 0 bridgehead atoms. The molecule has 2 fully saturated rings. The lowest BCUT2D eigenvalue weighted by Crippen LogP contribution is -2.54. The summed E-state index contributed by atoms with van der Waals surface area (Å²) >= 11 is 8.37. The van der Waals surface area contributed by atoms with Crippen molar-refractivity contribution in [2.45, 2.75) is 119 Å². The number of benzene rings is 2. The SMILES string of the molecule is COC(=O)c1ccc2c(c1)N(C[C@@H]1CC[C@H]1C(O[Si](C)(C)C(C)(C)C)[C@@H]1CCC[C@@H](Sc3ncccn3)C1)C[C@@]1(CCCc3cc(Cl)ccc31)CO2. The zero-order valence-electron chi connectivity index (χ0n) is 31.8. The monoisotopic (exact) mass is 761 g/mol. The number of anilines is 1. The maximum atomic E-state index is 12.8. The summed E-state index contributed by atoms with van der Waals surface area (Å²) in [7, 11) is -0.620.